The van der Waals surface area contributed by atoms with Gasteiger partial charge in [0.15, 0.2) is 0 Å². The summed E-state index contributed by atoms with van der Waals surface area (Å²) in [5.74, 6) is 4.21. The molecule has 0 aromatic heterocycles. The Kier molecular flexibility index (Phi) is 5.24. The zero-order valence-corrected chi connectivity index (χ0v) is 16.8. The minimum atomic E-state index is -0.583. The summed E-state index contributed by atoms with van der Waals surface area (Å²) in [6.07, 6.45) is 13.2. The summed E-state index contributed by atoms with van der Waals surface area (Å²) in [6.45, 7) is 5.65. The molecule has 26 heavy (non-hydrogen) atoms. The topological polar surface area (TPSA) is 46.5 Å². The number of hydrogen-bond acceptors (Lipinski definition) is 3. The van der Waals surface area contributed by atoms with Crippen LogP contribution >= 0.6 is 0 Å². The van der Waals surface area contributed by atoms with Gasteiger partial charge in [-0.05, 0) is 99.7 Å². The van der Waals surface area contributed by atoms with Crippen molar-refractivity contribution in [3.8, 4) is 0 Å². The van der Waals surface area contributed by atoms with Crippen LogP contribution < -0.4 is 0 Å². The summed E-state index contributed by atoms with van der Waals surface area (Å²) in [5.41, 5.74) is -0.320. The molecule has 4 fully saturated rings. The van der Waals surface area contributed by atoms with Crippen molar-refractivity contribution in [1.82, 2.24) is 0 Å². The summed E-state index contributed by atoms with van der Waals surface area (Å²) in [6, 6.07) is 0. The molecular weight excluding hydrogens is 324 g/mol. The van der Waals surface area contributed by atoms with E-state index in [2.05, 4.69) is 6.92 Å². The van der Waals surface area contributed by atoms with Crippen LogP contribution in [0.15, 0.2) is 0 Å². The Labute approximate surface area is 159 Å². The average Bonchev–Trinajstić information content (AvgIpc) is 2.65. The molecule has 4 saturated carbocycles. The molecule has 4 aliphatic carbocycles. The van der Waals surface area contributed by atoms with Gasteiger partial charge in [-0.2, -0.15) is 0 Å². The lowest BCUT2D eigenvalue weighted by Gasteiger charge is -2.60. The van der Waals surface area contributed by atoms with Crippen LogP contribution in [0, 0.1) is 40.9 Å². The van der Waals surface area contributed by atoms with Crippen molar-refractivity contribution in [2.75, 3.05) is 13.2 Å². The van der Waals surface area contributed by atoms with Gasteiger partial charge in [0.05, 0.1) is 12.2 Å². The highest BCUT2D eigenvalue weighted by Crippen LogP contribution is 2.63. The fraction of sp³-hybridized carbons (Fsp3) is 0.957. The molecule has 4 rings (SSSR count). The van der Waals surface area contributed by atoms with Crippen LogP contribution in [0.5, 0.6) is 0 Å². The van der Waals surface area contributed by atoms with E-state index in [-0.39, 0.29) is 5.41 Å². The van der Waals surface area contributed by atoms with Crippen LogP contribution in [-0.2, 0) is 9.53 Å². The van der Waals surface area contributed by atoms with Crippen LogP contribution in [0.2, 0.25) is 0 Å². The molecule has 3 nitrogen and oxygen atoms in total. The molecule has 148 valence electrons. The summed E-state index contributed by atoms with van der Waals surface area (Å²) in [7, 11) is 0. The first-order valence-electron chi connectivity index (χ1n) is 11.3. The van der Waals surface area contributed by atoms with Gasteiger partial charge < -0.3 is 14.6 Å². The van der Waals surface area contributed by atoms with Crippen LogP contribution in [0.3, 0.4) is 0 Å². The van der Waals surface area contributed by atoms with Gasteiger partial charge >= 0.3 is 0 Å². The molecule has 0 aromatic carbocycles. The minimum Gasteiger partial charge on any atom is -0.387 e. The maximum absolute atomic E-state index is 11.7. The lowest BCUT2D eigenvalue weighted by molar-refractivity contribution is -0.147. The van der Waals surface area contributed by atoms with E-state index in [1.54, 1.807) is 0 Å². The largest absolute Gasteiger partial charge is 0.387 e. The standard InChI is InChI=1S/C23H38O3/c1-3-26-15-23(25)12-10-18-16(13-23)7-8-20-19(18)9-11-22(2)17(14-24)5-4-6-21(20)22/h14,16-21,25H,3-13,15H2,1-2H3/t16-,17+,18-,19+,20+,21-,22+,23+/m0/s1. The molecule has 0 bridgehead atoms. The van der Waals surface area contributed by atoms with Crippen LogP contribution in [0.25, 0.3) is 0 Å². The fourth-order valence-corrected chi connectivity index (χ4v) is 7.85. The molecule has 3 heteroatoms. The van der Waals surface area contributed by atoms with Crippen molar-refractivity contribution in [3.63, 3.8) is 0 Å². The monoisotopic (exact) mass is 362 g/mol. The van der Waals surface area contributed by atoms with Crippen molar-refractivity contribution in [2.24, 2.45) is 40.9 Å². The van der Waals surface area contributed by atoms with Crippen LogP contribution in [0.1, 0.15) is 78.1 Å². The average molecular weight is 363 g/mol. The second-order valence-electron chi connectivity index (χ2n) is 10.3. The van der Waals surface area contributed by atoms with Gasteiger partial charge in [-0.3, -0.25) is 0 Å². The molecule has 0 aliphatic heterocycles. The van der Waals surface area contributed by atoms with Crippen molar-refractivity contribution in [2.45, 2.75) is 83.7 Å². The number of carbonyl (C=O) groups excluding carboxylic acids is 1. The maximum Gasteiger partial charge on any atom is 0.123 e. The molecule has 0 heterocycles. The number of hydrogen-bond donors (Lipinski definition) is 1. The van der Waals surface area contributed by atoms with E-state index in [0.29, 0.717) is 25.0 Å². The Morgan fingerprint density at radius 3 is 2.62 bits per heavy atom. The normalized spacial score (nSPS) is 51.0. The highest BCUT2D eigenvalue weighted by Gasteiger charge is 2.56. The highest BCUT2D eigenvalue weighted by atomic mass is 16.5. The molecule has 0 saturated heterocycles. The van der Waals surface area contributed by atoms with E-state index in [4.69, 9.17) is 4.74 Å². The molecule has 4 aliphatic rings. The molecule has 0 amide bonds. The van der Waals surface area contributed by atoms with E-state index < -0.39 is 5.60 Å². The molecule has 0 unspecified atom stereocenters. The van der Waals surface area contributed by atoms with Gasteiger partial charge in [0.2, 0.25) is 0 Å². The van der Waals surface area contributed by atoms with Gasteiger partial charge in [-0.25, -0.2) is 0 Å². The second kappa shape index (κ2) is 7.20. The van der Waals surface area contributed by atoms with Crippen molar-refractivity contribution in [1.29, 1.82) is 0 Å². The molecule has 0 radical (unpaired) electrons. The maximum atomic E-state index is 11.7. The molecular formula is C23H38O3. The Morgan fingerprint density at radius 1 is 1.04 bits per heavy atom. The minimum absolute atomic E-state index is 0.262. The van der Waals surface area contributed by atoms with Gasteiger partial charge in [0.1, 0.15) is 6.29 Å². The Bertz CT molecular complexity index is 520. The lowest BCUT2D eigenvalue weighted by Crippen LogP contribution is -2.54. The summed E-state index contributed by atoms with van der Waals surface area (Å²) < 4.78 is 5.59. The third-order valence-electron chi connectivity index (χ3n) is 9.16. The quantitative estimate of drug-likeness (QED) is 0.743. The van der Waals surface area contributed by atoms with Gasteiger partial charge in [-0.1, -0.05) is 13.3 Å². The van der Waals surface area contributed by atoms with Crippen molar-refractivity contribution < 1.29 is 14.6 Å². The van der Waals surface area contributed by atoms with Gasteiger partial charge in [0, 0.05) is 12.5 Å². The van der Waals surface area contributed by atoms with Crippen molar-refractivity contribution in [3.05, 3.63) is 0 Å². The number of aldehydes is 1. The first-order chi connectivity index (χ1) is 12.5. The number of fused-ring (bicyclic) bond motifs is 5. The molecule has 0 spiro atoms. The Morgan fingerprint density at radius 2 is 1.85 bits per heavy atom. The van der Waals surface area contributed by atoms with E-state index in [1.165, 1.54) is 51.2 Å². The Hall–Kier alpha value is -0.410. The third kappa shape index (κ3) is 3.07. The zero-order valence-electron chi connectivity index (χ0n) is 16.8. The number of ether oxygens (including phenoxy) is 1. The third-order valence-corrected chi connectivity index (χ3v) is 9.16. The van der Waals surface area contributed by atoms with E-state index in [9.17, 15) is 9.90 Å². The van der Waals surface area contributed by atoms with Gasteiger partial charge in [-0.15, -0.1) is 0 Å². The number of carbonyl (C=O) groups is 1. The summed E-state index contributed by atoms with van der Waals surface area (Å²) >= 11 is 0. The summed E-state index contributed by atoms with van der Waals surface area (Å²) in [5, 5.41) is 11.0. The fourth-order valence-electron chi connectivity index (χ4n) is 7.85. The first kappa shape index (κ1) is 18.9. The van der Waals surface area contributed by atoms with Crippen molar-refractivity contribution >= 4 is 6.29 Å². The zero-order chi connectivity index (χ0) is 18.4. The second-order valence-corrected chi connectivity index (χ2v) is 10.3. The SMILES string of the molecule is CCOC[C@@]1(O)CC[C@H]2[C@@H](CC[C@@H]3[C@@H]2CC[C@]2(C)[C@@H](C=O)CCC[C@@H]32)C1. The van der Waals surface area contributed by atoms with Crippen LogP contribution in [-0.4, -0.2) is 30.2 Å². The molecule has 1 N–H and O–H groups in total. The molecule has 0 aromatic rings. The lowest BCUT2D eigenvalue weighted by atomic mass is 9.45. The summed E-state index contributed by atoms with van der Waals surface area (Å²) in [4.78, 5) is 11.7. The van der Waals surface area contributed by atoms with E-state index in [1.807, 2.05) is 6.92 Å². The number of rotatable bonds is 4. The number of aliphatic hydroxyl groups is 1. The van der Waals surface area contributed by atoms with Gasteiger partial charge in [0.25, 0.3) is 0 Å². The predicted octanol–water partition coefficient (Wildman–Crippen LogP) is 4.61. The predicted molar refractivity (Wildman–Crippen MR) is 103 cm³/mol. The molecule has 8 atom stereocenters. The highest BCUT2D eigenvalue weighted by molar-refractivity contribution is 5.55. The first-order valence-corrected chi connectivity index (χ1v) is 11.3. The smallest absolute Gasteiger partial charge is 0.123 e. The van der Waals surface area contributed by atoms with Crippen LogP contribution in [0.4, 0.5) is 0 Å². The Balaban J connectivity index is 1.48. The van der Waals surface area contributed by atoms with E-state index in [0.717, 1.165) is 42.9 Å². The van der Waals surface area contributed by atoms with E-state index >= 15 is 0 Å².